The first-order valence-corrected chi connectivity index (χ1v) is 8.62. The molecule has 0 fully saturated rings. The molecule has 0 unspecified atom stereocenters. The summed E-state index contributed by atoms with van der Waals surface area (Å²) < 4.78 is 11.2. The molecule has 0 aromatic rings. The van der Waals surface area contributed by atoms with Crippen LogP contribution in [0.15, 0.2) is 23.7 Å². The molecule has 0 bridgehead atoms. The standard InChI is InChI=1S/C13H26O2Si/c1-9-12(11(2)10-14-6)15-16(7,8)13(3,4)5/h9-10H,1-8H3/b11-10+,12-9-. The van der Waals surface area contributed by atoms with Gasteiger partial charge in [0.15, 0.2) is 0 Å². The number of ether oxygens (including phenoxy) is 1. The SMILES string of the molecule is C/C=C(O[Si](C)(C)C(C)(C)C)/C(C)=C/OC. The molecule has 0 aliphatic carbocycles. The summed E-state index contributed by atoms with van der Waals surface area (Å²) in [6.07, 6.45) is 3.73. The normalized spacial score (nSPS) is 15.0. The highest BCUT2D eigenvalue weighted by Gasteiger charge is 2.39. The molecule has 3 heteroatoms. The quantitative estimate of drug-likeness (QED) is 0.411. The van der Waals surface area contributed by atoms with Crippen molar-refractivity contribution in [3.63, 3.8) is 0 Å². The van der Waals surface area contributed by atoms with Crippen LogP contribution in [0.25, 0.3) is 0 Å². The van der Waals surface area contributed by atoms with E-state index in [9.17, 15) is 0 Å². The van der Waals surface area contributed by atoms with Crippen LogP contribution in [0.3, 0.4) is 0 Å². The summed E-state index contributed by atoms with van der Waals surface area (Å²) in [5.74, 6) is 0.938. The molecular formula is C13H26O2Si. The minimum Gasteiger partial charge on any atom is -0.543 e. The van der Waals surface area contributed by atoms with Crippen molar-refractivity contribution in [2.45, 2.75) is 52.8 Å². The lowest BCUT2D eigenvalue weighted by molar-refractivity contribution is 0.326. The first kappa shape index (κ1) is 15.3. The van der Waals surface area contributed by atoms with E-state index in [4.69, 9.17) is 9.16 Å². The molecule has 0 radical (unpaired) electrons. The molecule has 16 heavy (non-hydrogen) atoms. The van der Waals surface area contributed by atoms with E-state index in [-0.39, 0.29) is 5.04 Å². The maximum Gasteiger partial charge on any atom is 0.250 e. The van der Waals surface area contributed by atoms with Gasteiger partial charge < -0.3 is 9.16 Å². The zero-order chi connectivity index (χ0) is 13.0. The van der Waals surface area contributed by atoms with Crippen molar-refractivity contribution < 1.29 is 9.16 Å². The third-order valence-corrected chi connectivity index (χ3v) is 7.46. The van der Waals surface area contributed by atoms with Gasteiger partial charge in [-0.2, -0.15) is 0 Å². The summed E-state index contributed by atoms with van der Waals surface area (Å²) in [5, 5.41) is 0.217. The van der Waals surface area contributed by atoms with Gasteiger partial charge in [0.1, 0.15) is 5.76 Å². The molecule has 0 aromatic heterocycles. The lowest BCUT2D eigenvalue weighted by atomic mass is 10.2. The molecule has 0 aliphatic heterocycles. The number of hydrogen-bond acceptors (Lipinski definition) is 2. The second-order valence-electron chi connectivity index (χ2n) is 5.55. The van der Waals surface area contributed by atoms with Gasteiger partial charge in [0.05, 0.1) is 13.4 Å². The summed E-state index contributed by atoms with van der Waals surface area (Å²) in [6, 6.07) is 0. The number of hydrogen-bond donors (Lipinski definition) is 0. The molecular weight excluding hydrogens is 216 g/mol. The summed E-state index contributed by atoms with van der Waals surface area (Å²) in [7, 11) is -0.0896. The van der Waals surface area contributed by atoms with Crippen LogP contribution in [0.1, 0.15) is 34.6 Å². The summed E-state index contributed by atoms with van der Waals surface area (Å²) in [6.45, 7) is 15.2. The second-order valence-corrected chi connectivity index (χ2v) is 10.3. The van der Waals surface area contributed by atoms with Crippen molar-refractivity contribution in [2.75, 3.05) is 7.11 Å². The second kappa shape index (κ2) is 5.57. The van der Waals surface area contributed by atoms with Crippen molar-refractivity contribution in [1.82, 2.24) is 0 Å². The van der Waals surface area contributed by atoms with E-state index in [0.717, 1.165) is 11.3 Å². The topological polar surface area (TPSA) is 18.5 Å². The summed E-state index contributed by atoms with van der Waals surface area (Å²) in [5.41, 5.74) is 1.04. The summed E-state index contributed by atoms with van der Waals surface area (Å²) >= 11 is 0. The predicted octanol–water partition coefficient (Wildman–Crippen LogP) is 4.46. The molecule has 94 valence electrons. The van der Waals surface area contributed by atoms with E-state index in [2.05, 4.69) is 33.9 Å². The number of allylic oxidation sites excluding steroid dienone is 2. The molecule has 0 saturated carbocycles. The number of methoxy groups -OCH3 is 1. The molecule has 0 heterocycles. The average Bonchev–Trinajstić information content (AvgIpc) is 2.12. The molecule has 0 spiro atoms. The molecule has 0 amide bonds. The van der Waals surface area contributed by atoms with Crippen LogP contribution in [-0.2, 0) is 9.16 Å². The molecule has 2 nitrogen and oxygen atoms in total. The van der Waals surface area contributed by atoms with Crippen LogP contribution < -0.4 is 0 Å². The van der Waals surface area contributed by atoms with E-state index >= 15 is 0 Å². The van der Waals surface area contributed by atoms with Gasteiger partial charge in [0.2, 0.25) is 8.32 Å². The largest absolute Gasteiger partial charge is 0.543 e. The Labute approximate surface area is 101 Å². The first-order chi connectivity index (χ1) is 7.15. The van der Waals surface area contributed by atoms with Gasteiger partial charge >= 0.3 is 0 Å². The fourth-order valence-electron chi connectivity index (χ4n) is 1.03. The van der Waals surface area contributed by atoms with E-state index in [1.165, 1.54) is 0 Å². The van der Waals surface area contributed by atoms with Crippen molar-refractivity contribution in [1.29, 1.82) is 0 Å². The number of rotatable bonds is 4. The molecule has 0 rings (SSSR count). The van der Waals surface area contributed by atoms with Gasteiger partial charge in [0, 0.05) is 5.57 Å². The Hall–Kier alpha value is -0.703. The van der Waals surface area contributed by atoms with Crippen LogP contribution in [0.2, 0.25) is 18.1 Å². The first-order valence-electron chi connectivity index (χ1n) is 5.71. The Balaban J connectivity index is 4.90. The van der Waals surface area contributed by atoms with Gasteiger partial charge in [-0.3, -0.25) is 0 Å². The highest BCUT2D eigenvalue weighted by atomic mass is 28.4. The van der Waals surface area contributed by atoms with E-state index in [1.54, 1.807) is 13.4 Å². The van der Waals surface area contributed by atoms with E-state index in [1.807, 2.05) is 19.9 Å². The predicted molar refractivity (Wildman–Crippen MR) is 72.8 cm³/mol. The molecule has 0 aromatic carbocycles. The van der Waals surface area contributed by atoms with Gasteiger partial charge in [0.25, 0.3) is 0 Å². The lowest BCUT2D eigenvalue weighted by Crippen LogP contribution is -2.40. The Bertz CT molecular complexity index is 283. The van der Waals surface area contributed by atoms with E-state index < -0.39 is 8.32 Å². The molecule has 0 N–H and O–H groups in total. The van der Waals surface area contributed by atoms with Crippen molar-refractivity contribution in [2.24, 2.45) is 0 Å². The molecule has 0 aliphatic rings. The monoisotopic (exact) mass is 242 g/mol. The summed E-state index contributed by atoms with van der Waals surface area (Å²) in [4.78, 5) is 0. The maximum absolute atomic E-state index is 6.22. The van der Waals surface area contributed by atoms with Crippen LogP contribution >= 0.6 is 0 Å². The van der Waals surface area contributed by atoms with Crippen molar-refractivity contribution in [3.8, 4) is 0 Å². The Morgan fingerprint density at radius 1 is 1.19 bits per heavy atom. The van der Waals surface area contributed by atoms with Gasteiger partial charge in [-0.1, -0.05) is 20.8 Å². The molecule has 0 atom stereocenters. The smallest absolute Gasteiger partial charge is 0.250 e. The van der Waals surface area contributed by atoms with Crippen LogP contribution in [0.5, 0.6) is 0 Å². The zero-order valence-corrected chi connectivity index (χ0v) is 13.0. The fraction of sp³-hybridized carbons (Fsp3) is 0.692. The highest BCUT2D eigenvalue weighted by Crippen LogP contribution is 2.38. The minimum atomic E-state index is -1.75. The van der Waals surface area contributed by atoms with Crippen LogP contribution in [0.4, 0.5) is 0 Å². The maximum atomic E-state index is 6.22. The lowest BCUT2D eigenvalue weighted by Gasteiger charge is -2.37. The van der Waals surface area contributed by atoms with Crippen LogP contribution in [0, 0.1) is 0 Å². The molecule has 0 saturated heterocycles. The van der Waals surface area contributed by atoms with Crippen molar-refractivity contribution in [3.05, 3.63) is 23.7 Å². The fourth-order valence-corrected chi connectivity index (χ4v) is 2.16. The highest BCUT2D eigenvalue weighted by molar-refractivity contribution is 6.74. The van der Waals surface area contributed by atoms with Gasteiger partial charge in [-0.25, -0.2) is 0 Å². The third kappa shape index (κ3) is 4.04. The van der Waals surface area contributed by atoms with Gasteiger partial charge in [-0.15, -0.1) is 0 Å². The van der Waals surface area contributed by atoms with Crippen molar-refractivity contribution >= 4 is 8.32 Å². The van der Waals surface area contributed by atoms with E-state index in [0.29, 0.717) is 0 Å². The zero-order valence-electron chi connectivity index (χ0n) is 12.0. The third-order valence-electron chi connectivity index (χ3n) is 3.12. The minimum absolute atomic E-state index is 0.217. The Morgan fingerprint density at radius 2 is 1.69 bits per heavy atom. The van der Waals surface area contributed by atoms with Gasteiger partial charge in [-0.05, 0) is 38.1 Å². The Kier molecular flexibility index (Phi) is 5.33. The average molecular weight is 242 g/mol. The Morgan fingerprint density at radius 3 is 2.00 bits per heavy atom. The van der Waals surface area contributed by atoms with Crippen LogP contribution in [-0.4, -0.2) is 15.4 Å².